The maximum atomic E-state index is 11.0. The van der Waals surface area contributed by atoms with Crippen LogP contribution in [0.15, 0.2) is 18.3 Å². The van der Waals surface area contributed by atoms with Gasteiger partial charge in [-0.25, -0.2) is 4.98 Å². The summed E-state index contributed by atoms with van der Waals surface area (Å²) in [5.74, 6) is 0.942. The van der Waals surface area contributed by atoms with Crippen LogP contribution < -0.4 is 4.90 Å². The average Bonchev–Trinajstić information content (AvgIpc) is 2.38. The Morgan fingerprint density at radius 1 is 1.26 bits per heavy atom. The molecule has 2 unspecified atom stereocenters. The summed E-state index contributed by atoms with van der Waals surface area (Å²) in [6.45, 7) is 0. The number of rotatable bonds is 2. The Bertz CT molecular complexity index is 434. The van der Waals surface area contributed by atoms with E-state index < -0.39 is 5.60 Å². The molecule has 0 amide bonds. The second-order valence-electron chi connectivity index (χ2n) is 6.05. The number of nitrogens with zero attached hydrogens (tertiary/aromatic N) is 2. The number of pyridine rings is 1. The number of anilines is 1. The van der Waals surface area contributed by atoms with Gasteiger partial charge in [0.1, 0.15) is 5.82 Å². The van der Waals surface area contributed by atoms with Gasteiger partial charge in [0, 0.05) is 36.4 Å². The fourth-order valence-electron chi connectivity index (χ4n) is 3.28. The molecule has 2 fully saturated rings. The van der Waals surface area contributed by atoms with Gasteiger partial charge in [-0.1, -0.05) is 12.5 Å². The van der Waals surface area contributed by atoms with Gasteiger partial charge in [0.05, 0.1) is 5.60 Å². The summed E-state index contributed by atoms with van der Waals surface area (Å²) in [6.07, 6.45) is 7.48. The van der Waals surface area contributed by atoms with Crippen molar-refractivity contribution in [2.45, 2.75) is 48.2 Å². The van der Waals surface area contributed by atoms with Crippen molar-refractivity contribution in [2.75, 3.05) is 19.0 Å². The van der Waals surface area contributed by atoms with E-state index in [9.17, 15) is 5.11 Å². The third kappa shape index (κ3) is 2.61. The molecule has 0 saturated carbocycles. The fraction of sp³-hybridized carbons (Fsp3) is 0.667. The van der Waals surface area contributed by atoms with Gasteiger partial charge in [-0.3, -0.25) is 0 Å². The lowest BCUT2D eigenvalue weighted by atomic mass is 9.81. The normalized spacial score (nSPS) is 34.1. The van der Waals surface area contributed by atoms with Crippen molar-refractivity contribution >= 4 is 17.6 Å². The molecular weight excluding hydrogens is 256 g/mol. The molecule has 19 heavy (non-hydrogen) atoms. The first kappa shape index (κ1) is 13.3. The molecule has 2 atom stereocenters. The van der Waals surface area contributed by atoms with Crippen LogP contribution in [0.3, 0.4) is 0 Å². The molecular formula is C15H22N2OS. The third-order valence-electron chi connectivity index (χ3n) is 4.31. The maximum Gasteiger partial charge on any atom is 0.127 e. The SMILES string of the molecule is CN(C)c1ccc(C2(O)CC3CCCC(C2)S3)cn1. The Balaban J connectivity index is 1.83. The molecule has 104 valence electrons. The van der Waals surface area contributed by atoms with Crippen LogP contribution >= 0.6 is 11.8 Å². The Labute approximate surface area is 119 Å². The number of hydrogen-bond acceptors (Lipinski definition) is 4. The summed E-state index contributed by atoms with van der Waals surface area (Å²) in [5, 5.41) is 12.3. The minimum Gasteiger partial charge on any atom is -0.385 e. The molecule has 4 heteroatoms. The van der Waals surface area contributed by atoms with E-state index in [-0.39, 0.29) is 0 Å². The molecule has 1 aromatic rings. The summed E-state index contributed by atoms with van der Waals surface area (Å²) in [7, 11) is 3.97. The highest BCUT2D eigenvalue weighted by molar-refractivity contribution is 8.00. The number of thioether (sulfide) groups is 1. The molecule has 2 saturated heterocycles. The van der Waals surface area contributed by atoms with E-state index in [1.807, 2.05) is 37.3 Å². The summed E-state index contributed by atoms with van der Waals surface area (Å²) >= 11 is 2.09. The van der Waals surface area contributed by atoms with E-state index in [1.165, 1.54) is 19.3 Å². The molecule has 0 radical (unpaired) electrons. The summed E-state index contributed by atoms with van der Waals surface area (Å²) in [4.78, 5) is 6.44. The highest BCUT2D eigenvalue weighted by Crippen LogP contribution is 2.49. The van der Waals surface area contributed by atoms with Crippen LogP contribution in [-0.4, -0.2) is 34.7 Å². The lowest BCUT2D eigenvalue weighted by Gasteiger charge is -2.44. The fourth-order valence-corrected chi connectivity index (χ4v) is 5.17. The first-order valence-corrected chi connectivity index (χ1v) is 8.03. The molecule has 3 heterocycles. The molecule has 2 bridgehead atoms. The van der Waals surface area contributed by atoms with Crippen LogP contribution in [0.5, 0.6) is 0 Å². The van der Waals surface area contributed by atoms with E-state index in [0.29, 0.717) is 10.5 Å². The lowest BCUT2D eigenvalue weighted by Crippen LogP contribution is -2.40. The van der Waals surface area contributed by atoms with Crippen molar-refractivity contribution < 1.29 is 5.11 Å². The quantitative estimate of drug-likeness (QED) is 0.902. The van der Waals surface area contributed by atoms with Gasteiger partial charge in [-0.2, -0.15) is 11.8 Å². The minimum absolute atomic E-state index is 0.631. The lowest BCUT2D eigenvalue weighted by molar-refractivity contribution is 0.00784. The van der Waals surface area contributed by atoms with Crippen molar-refractivity contribution in [1.29, 1.82) is 0 Å². The van der Waals surface area contributed by atoms with E-state index in [2.05, 4.69) is 16.7 Å². The monoisotopic (exact) mass is 278 g/mol. The molecule has 2 aliphatic rings. The Hall–Kier alpha value is -0.740. The molecule has 1 N–H and O–H groups in total. The van der Waals surface area contributed by atoms with Gasteiger partial charge < -0.3 is 10.0 Å². The highest BCUT2D eigenvalue weighted by atomic mass is 32.2. The molecule has 2 aliphatic heterocycles. The van der Waals surface area contributed by atoms with Crippen molar-refractivity contribution in [3.8, 4) is 0 Å². The van der Waals surface area contributed by atoms with E-state index in [0.717, 1.165) is 24.2 Å². The zero-order valence-electron chi connectivity index (χ0n) is 11.7. The van der Waals surface area contributed by atoms with E-state index in [4.69, 9.17) is 0 Å². The van der Waals surface area contributed by atoms with Gasteiger partial charge in [-0.05, 0) is 31.7 Å². The molecule has 3 nitrogen and oxygen atoms in total. The van der Waals surface area contributed by atoms with Crippen LogP contribution in [0, 0.1) is 0 Å². The largest absolute Gasteiger partial charge is 0.385 e. The predicted octanol–water partition coefficient (Wildman–Crippen LogP) is 2.78. The van der Waals surface area contributed by atoms with Gasteiger partial charge in [0.25, 0.3) is 0 Å². The van der Waals surface area contributed by atoms with Crippen LogP contribution in [0.2, 0.25) is 0 Å². The van der Waals surface area contributed by atoms with Crippen LogP contribution in [0.1, 0.15) is 37.7 Å². The Morgan fingerprint density at radius 3 is 2.47 bits per heavy atom. The standard InChI is InChI=1S/C15H22N2OS/c1-17(2)14-7-6-11(10-16-14)15(18)8-12-4-3-5-13(9-15)19-12/h6-7,10,12-13,18H,3-5,8-9H2,1-2H3. The molecule has 0 aromatic carbocycles. The van der Waals surface area contributed by atoms with Crippen molar-refractivity contribution in [2.24, 2.45) is 0 Å². The molecule has 3 rings (SSSR count). The molecule has 0 spiro atoms. The van der Waals surface area contributed by atoms with Crippen LogP contribution in [0.4, 0.5) is 5.82 Å². The smallest absolute Gasteiger partial charge is 0.127 e. The predicted molar refractivity (Wildman–Crippen MR) is 80.7 cm³/mol. The second kappa shape index (κ2) is 4.98. The minimum atomic E-state index is -0.654. The molecule has 0 aliphatic carbocycles. The second-order valence-corrected chi connectivity index (χ2v) is 7.66. The van der Waals surface area contributed by atoms with Crippen LogP contribution in [0.25, 0.3) is 0 Å². The van der Waals surface area contributed by atoms with Crippen molar-refractivity contribution in [3.05, 3.63) is 23.9 Å². The zero-order valence-corrected chi connectivity index (χ0v) is 12.5. The zero-order chi connectivity index (χ0) is 13.5. The Morgan fingerprint density at radius 2 is 1.95 bits per heavy atom. The van der Waals surface area contributed by atoms with Gasteiger partial charge in [-0.15, -0.1) is 0 Å². The number of aromatic nitrogens is 1. The number of hydrogen-bond donors (Lipinski definition) is 1. The van der Waals surface area contributed by atoms with Gasteiger partial charge >= 0.3 is 0 Å². The topological polar surface area (TPSA) is 36.4 Å². The summed E-state index contributed by atoms with van der Waals surface area (Å²) < 4.78 is 0. The maximum absolute atomic E-state index is 11.0. The summed E-state index contributed by atoms with van der Waals surface area (Å²) in [6, 6.07) is 4.05. The highest BCUT2D eigenvalue weighted by Gasteiger charge is 2.42. The van der Waals surface area contributed by atoms with Gasteiger partial charge in [0.2, 0.25) is 0 Å². The van der Waals surface area contributed by atoms with Crippen molar-refractivity contribution in [1.82, 2.24) is 4.98 Å². The van der Waals surface area contributed by atoms with Gasteiger partial charge in [0.15, 0.2) is 0 Å². The van der Waals surface area contributed by atoms with E-state index >= 15 is 0 Å². The average molecular weight is 278 g/mol. The summed E-state index contributed by atoms with van der Waals surface area (Å²) in [5.41, 5.74) is 0.342. The number of fused-ring (bicyclic) bond motifs is 2. The van der Waals surface area contributed by atoms with E-state index in [1.54, 1.807) is 0 Å². The number of aliphatic hydroxyl groups is 1. The third-order valence-corrected chi connectivity index (χ3v) is 5.89. The van der Waals surface area contributed by atoms with Crippen LogP contribution in [-0.2, 0) is 5.60 Å². The molecule has 1 aromatic heterocycles. The first-order chi connectivity index (χ1) is 9.07. The Kier molecular flexibility index (Phi) is 3.48. The first-order valence-electron chi connectivity index (χ1n) is 7.08. The van der Waals surface area contributed by atoms with Crippen molar-refractivity contribution in [3.63, 3.8) is 0 Å².